The number of hydrogen-bond donors (Lipinski definition) is 2. The van der Waals surface area contributed by atoms with Crippen LogP contribution in [0.25, 0.3) is 11.2 Å². The maximum atomic E-state index is 12.2. The molecule has 2 aromatic heterocycles. The number of anilines is 1. The van der Waals surface area contributed by atoms with Crippen molar-refractivity contribution >= 4 is 22.9 Å². The second-order valence-corrected chi connectivity index (χ2v) is 7.18. The van der Waals surface area contributed by atoms with Crippen LogP contribution in [0.5, 0.6) is 0 Å². The second kappa shape index (κ2) is 7.78. The van der Waals surface area contributed by atoms with Crippen molar-refractivity contribution in [1.29, 1.82) is 0 Å². The van der Waals surface area contributed by atoms with Gasteiger partial charge in [0.1, 0.15) is 11.3 Å². The Morgan fingerprint density at radius 3 is 2.89 bits per heavy atom. The molecule has 0 aliphatic heterocycles. The highest BCUT2D eigenvalue weighted by molar-refractivity contribution is 5.89. The van der Waals surface area contributed by atoms with Crippen molar-refractivity contribution < 1.29 is 4.79 Å². The standard InChI is InChI=1S/C21H25N5O/c1-15-6-4-7-16(14-15)24-21(27)23-13-11-19-25-18-10-5-12-22-20(18)26(19)17-8-2-3-9-17/h4-7,10,12,14,17H,2-3,8-9,11,13H2,1H3,(H2,23,24,27). The zero-order valence-corrected chi connectivity index (χ0v) is 15.6. The second-order valence-electron chi connectivity index (χ2n) is 7.18. The quantitative estimate of drug-likeness (QED) is 0.713. The van der Waals surface area contributed by atoms with E-state index in [0.717, 1.165) is 28.2 Å². The highest BCUT2D eigenvalue weighted by Gasteiger charge is 2.23. The van der Waals surface area contributed by atoms with Crippen molar-refractivity contribution in [2.75, 3.05) is 11.9 Å². The number of amides is 2. The summed E-state index contributed by atoms with van der Waals surface area (Å²) in [5.74, 6) is 1.01. The molecule has 0 unspecified atom stereocenters. The zero-order valence-electron chi connectivity index (χ0n) is 15.6. The highest BCUT2D eigenvalue weighted by atomic mass is 16.2. The third kappa shape index (κ3) is 3.94. The summed E-state index contributed by atoms with van der Waals surface area (Å²) in [7, 11) is 0. The van der Waals surface area contributed by atoms with Gasteiger partial charge in [0, 0.05) is 30.9 Å². The maximum Gasteiger partial charge on any atom is 0.319 e. The molecular weight excluding hydrogens is 338 g/mol. The Bertz CT molecular complexity index is 943. The van der Waals surface area contributed by atoms with E-state index >= 15 is 0 Å². The zero-order chi connectivity index (χ0) is 18.6. The number of hydrogen-bond acceptors (Lipinski definition) is 3. The Morgan fingerprint density at radius 1 is 1.22 bits per heavy atom. The lowest BCUT2D eigenvalue weighted by molar-refractivity contribution is 0.252. The predicted octanol–water partition coefficient (Wildman–Crippen LogP) is 4.22. The molecule has 140 valence electrons. The summed E-state index contributed by atoms with van der Waals surface area (Å²) in [4.78, 5) is 21.5. The first kappa shape index (κ1) is 17.5. The molecule has 6 nitrogen and oxygen atoms in total. The molecule has 1 saturated carbocycles. The first-order chi connectivity index (χ1) is 13.2. The number of nitrogens with zero attached hydrogens (tertiary/aromatic N) is 3. The number of aromatic nitrogens is 3. The molecule has 0 atom stereocenters. The van der Waals surface area contributed by atoms with Crippen molar-refractivity contribution in [2.45, 2.75) is 45.1 Å². The van der Waals surface area contributed by atoms with Crippen LogP contribution in [0, 0.1) is 6.92 Å². The molecule has 4 rings (SSSR count). The van der Waals surface area contributed by atoms with Gasteiger partial charge in [0.15, 0.2) is 5.65 Å². The predicted molar refractivity (Wildman–Crippen MR) is 107 cm³/mol. The number of urea groups is 1. The van der Waals surface area contributed by atoms with Crippen LogP contribution in [0.3, 0.4) is 0 Å². The lowest BCUT2D eigenvalue weighted by Crippen LogP contribution is -2.31. The van der Waals surface area contributed by atoms with Gasteiger partial charge in [-0.1, -0.05) is 25.0 Å². The summed E-state index contributed by atoms with van der Waals surface area (Å²) in [5.41, 5.74) is 3.81. The fraction of sp³-hybridized carbons (Fsp3) is 0.381. The van der Waals surface area contributed by atoms with Crippen LogP contribution in [0.1, 0.15) is 43.1 Å². The molecule has 3 aromatic rings. The number of carbonyl (C=O) groups excluding carboxylic acids is 1. The number of carbonyl (C=O) groups is 1. The molecule has 0 saturated heterocycles. The Morgan fingerprint density at radius 2 is 2.07 bits per heavy atom. The molecular formula is C21H25N5O. The molecule has 2 amide bonds. The molecule has 1 aliphatic rings. The summed E-state index contributed by atoms with van der Waals surface area (Å²) in [5, 5.41) is 5.81. The van der Waals surface area contributed by atoms with Gasteiger partial charge in [0.05, 0.1) is 0 Å². The van der Waals surface area contributed by atoms with Gasteiger partial charge in [-0.2, -0.15) is 0 Å². The largest absolute Gasteiger partial charge is 0.337 e. The Kier molecular flexibility index (Phi) is 5.05. The Hall–Kier alpha value is -2.89. The minimum atomic E-state index is -0.192. The van der Waals surface area contributed by atoms with E-state index in [-0.39, 0.29) is 6.03 Å². The van der Waals surface area contributed by atoms with Gasteiger partial charge in [-0.15, -0.1) is 0 Å². The van der Waals surface area contributed by atoms with Crippen LogP contribution in [0.4, 0.5) is 10.5 Å². The minimum Gasteiger partial charge on any atom is -0.337 e. The van der Waals surface area contributed by atoms with Crippen LogP contribution >= 0.6 is 0 Å². The van der Waals surface area contributed by atoms with Crippen molar-refractivity contribution in [1.82, 2.24) is 19.9 Å². The van der Waals surface area contributed by atoms with Gasteiger partial charge in [-0.3, -0.25) is 0 Å². The van der Waals surface area contributed by atoms with Crippen LogP contribution in [0.2, 0.25) is 0 Å². The molecule has 1 fully saturated rings. The number of rotatable bonds is 5. The number of aryl methyl sites for hydroxylation is 1. The van der Waals surface area contributed by atoms with E-state index in [1.807, 2.05) is 49.5 Å². The smallest absolute Gasteiger partial charge is 0.319 e. The molecule has 1 aliphatic carbocycles. The fourth-order valence-electron chi connectivity index (χ4n) is 3.88. The van der Waals surface area contributed by atoms with E-state index < -0.39 is 0 Å². The van der Waals surface area contributed by atoms with Gasteiger partial charge in [0.25, 0.3) is 0 Å². The van der Waals surface area contributed by atoms with E-state index in [1.165, 1.54) is 25.7 Å². The number of benzene rings is 1. The van der Waals surface area contributed by atoms with Crippen molar-refractivity contribution in [3.05, 3.63) is 54.0 Å². The van der Waals surface area contributed by atoms with Crippen molar-refractivity contribution in [2.24, 2.45) is 0 Å². The SMILES string of the molecule is Cc1cccc(NC(=O)NCCc2nc3cccnc3n2C2CCCC2)c1. The van der Waals surface area contributed by atoms with Crippen molar-refractivity contribution in [3.63, 3.8) is 0 Å². The topological polar surface area (TPSA) is 71.8 Å². The monoisotopic (exact) mass is 363 g/mol. The molecule has 0 radical (unpaired) electrons. The molecule has 1 aromatic carbocycles. The van der Waals surface area contributed by atoms with E-state index in [2.05, 4.69) is 20.2 Å². The number of fused-ring (bicyclic) bond motifs is 1. The van der Waals surface area contributed by atoms with Gasteiger partial charge in [0.2, 0.25) is 0 Å². The summed E-state index contributed by atoms with van der Waals surface area (Å²) < 4.78 is 2.29. The highest BCUT2D eigenvalue weighted by Crippen LogP contribution is 2.33. The summed E-state index contributed by atoms with van der Waals surface area (Å²) in [6, 6.07) is 12.0. The van der Waals surface area contributed by atoms with Crippen LogP contribution in [-0.4, -0.2) is 27.1 Å². The minimum absolute atomic E-state index is 0.192. The van der Waals surface area contributed by atoms with Gasteiger partial charge >= 0.3 is 6.03 Å². The van der Waals surface area contributed by atoms with Crippen LogP contribution < -0.4 is 10.6 Å². The third-order valence-corrected chi connectivity index (χ3v) is 5.12. The average molecular weight is 363 g/mol. The maximum absolute atomic E-state index is 12.2. The lowest BCUT2D eigenvalue weighted by atomic mass is 10.2. The summed E-state index contributed by atoms with van der Waals surface area (Å²) in [6.45, 7) is 2.54. The first-order valence-electron chi connectivity index (χ1n) is 9.64. The van der Waals surface area contributed by atoms with Gasteiger partial charge < -0.3 is 15.2 Å². The van der Waals surface area contributed by atoms with E-state index in [9.17, 15) is 4.79 Å². The van der Waals surface area contributed by atoms with Crippen LogP contribution in [0.15, 0.2) is 42.6 Å². The normalized spacial score (nSPS) is 14.6. The number of nitrogens with one attached hydrogen (secondary N) is 2. The molecule has 0 spiro atoms. The summed E-state index contributed by atoms with van der Waals surface area (Å²) in [6.07, 6.45) is 7.38. The van der Waals surface area contributed by atoms with Crippen LogP contribution in [-0.2, 0) is 6.42 Å². The molecule has 2 heterocycles. The third-order valence-electron chi connectivity index (χ3n) is 5.12. The molecule has 6 heteroatoms. The average Bonchev–Trinajstić information content (AvgIpc) is 3.28. The van der Waals surface area contributed by atoms with Crippen molar-refractivity contribution in [3.8, 4) is 0 Å². The Balaban J connectivity index is 1.42. The van der Waals surface area contributed by atoms with Gasteiger partial charge in [-0.25, -0.2) is 14.8 Å². The Labute approximate surface area is 159 Å². The molecule has 2 N–H and O–H groups in total. The first-order valence-corrected chi connectivity index (χ1v) is 9.64. The number of imidazole rings is 1. The summed E-state index contributed by atoms with van der Waals surface area (Å²) >= 11 is 0. The fourth-order valence-corrected chi connectivity index (χ4v) is 3.88. The van der Waals surface area contributed by atoms with Gasteiger partial charge in [-0.05, 0) is 49.6 Å². The number of pyridine rings is 1. The lowest BCUT2D eigenvalue weighted by Gasteiger charge is -2.16. The van der Waals surface area contributed by atoms with E-state index in [0.29, 0.717) is 19.0 Å². The molecule has 0 bridgehead atoms. The van der Waals surface area contributed by atoms with E-state index in [1.54, 1.807) is 0 Å². The molecule has 27 heavy (non-hydrogen) atoms. The van der Waals surface area contributed by atoms with E-state index in [4.69, 9.17) is 4.98 Å².